The van der Waals surface area contributed by atoms with Gasteiger partial charge in [0.2, 0.25) is 0 Å². The Kier molecular flexibility index (Phi) is 5.64. The smallest absolute Gasteiger partial charge is 0.0453 e. The molecule has 1 atom stereocenters. The van der Waals surface area contributed by atoms with Crippen molar-refractivity contribution in [2.45, 2.75) is 12.5 Å². The van der Waals surface area contributed by atoms with E-state index in [1.807, 2.05) is 19.2 Å². The minimum atomic E-state index is 0.341. The molecule has 2 rings (SSSR count). The summed E-state index contributed by atoms with van der Waals surface area (Å²) in [4.78, 5) is 4.93. The summed E-state index contributed by atoms with van der Waals surface area (Å²) in [5.41, 5.74) is 1.21. The highest BCUT2D eigenvalue weighted by Crippen LogP contribution is 2.24. The van der Waals surface area contributed by atoms with Gasteiger partial charge in [-0.25, -0.2) is 0 Å². The second kappa shape index (κ2) is 7.25. The first-order valence-electron chi connectivity index (χ1n) is 7.03. The standard InChI is InChI=1S/C15H24ClN3/c1-17-15(13-5-3-4-6-14(13)16)7-8-19-11-9-18(2)10-12-19/h3-6,15,17H,7-12H2,1-2H3. The van der Waals surface area contributed by atoms with E-state index in [0.717, 1.165) is 18.0 Å². The molecule has 0 aromatic heterocycles. The average molecular weight is 282 g/mol. The van der Waals surface area contributed by atoms with Crippen LogP contribution in [0.25, 0.3) is 0 Å². The largest absolute Gasteiger partial charge is 0.313 e. The molecule has 3 nitrogen and oxygen atoms in total. The fourth-order valence-electron chi connectivity index (χ4n) is 2.60. The Labute approximate surface area is 121 Å². The van der Waals surface area contributed by atoms with Crippen LogP contribution in [-0.4, -0.2) is 56.6 Å². The third kappa shape index (κ3) is 4.18. The summed E-state index contributed by atoms with van der Waals surface area (Å²) in [6.07, 6.45) is 1.10. The molecule has 19 heavy (non-hydrogen) atoms. The molecule has 1 N–H and O–H groups in total. The molecule has 0 bridgehead atoms. The van der Waals surface area contributed by atoms with Crippen LogP contribution in [0.1, 0.15) is 18.0 Å². The molecule has 1 aliphatic heterocycles. The van der Waals surface area contributed by atoms with Crippen molar-refractivity contribution in [3.63, 3.8) is 0 Å². The highest BCUT2D eigenvalue weighted by Gasteiger charge is 2.17. The maximum atomic E-state index is 6.28. The summed E-state index contributed by atoms with van der Waals surface area (Å²) < 4.78 is 0. The van der Waals surface area contributed by atoms with E-state index < -0.39 is 0 Å². The van der Waals surface area contributed by atoms with Crippen molar-refractivity contribution in [2.75, 3.05) is 46.8 Å². The van der Waals surface area contributed by atoms with Gasteiger partial charge in [-0.1, -0.05) is 29.8 Å². The summed E-state index contributed by atoms with van der Waals surface area (Å²) in [5, 5.41) is 4.25. The fraction of sp³-hybridized carbons (Fsp3) is 0.600. The molecule has 0 saturated carbocycles. The van der Waals surface area contributed by atoms with Crippen LogP contribution in [-0.2, 0) is 0 Å². The van der Waals surface area contributed by atoms with Crippen molar-refractivity contribution in [3.8, 4) is 0 Å². The molecule has 1 unspecified atom stereocenters. The summed E-state index contributed by atoms with van der Waals surface area (Å²) in [6, 6.07) is 8.47. The fourth-order valence-corrected chi connectivity index (χ4v) is 2.86. The third-order valence-electron chi connectivity index (χ3n) is 3.96. The highest BCUT2D eigenvalue weighted by molar-refractivity contribution is 6.31. The van der Waals surface area contributed by atoms with Crippen LogP contribution in [0, 0.1) is 0 Å². The summed E-state index contributed by atoms with van der Waals surface area (Å²) in [5.74, 6) is 0. The molecule has 1 aromatic rings. The van der Waals surface area contributed by atoms with Crippen molar-refractivity contribution in [1.29, 1.82) is 0 Å². The Morgan fingerprint density at radius 2 is 1.89 bits per heavy atom. The lowest BCUT2D eigenvalue weighted by atomic mass is 10.0. The first kappa shape index (κ1) is 14.8. The number of benzene rings is 1. The van der Waals surface area contributed by atoms with Gasteiger partial charge in [0, 0.05) is 43.8 Å². The molecule has 0 amide bonds. The lowest BCUT2D eigenvalue weighted by Gasteiger charge is -2.33. The first-order valence-corrected chi connectivity index (χ1v) is 7.41. The van der Waals surface area contributed by atoms with Crippen molar-refractivity contribution in [2.24, 2.45) is 0 Å². The van der Waals surface area contributed by atoms with Crippen LogP contribution >= 0.6 is 11.6 Å². The summed E-state index contributed by atoms with van der Waals surface area (Å²) in [6.45, 7) is 5.84. The number of piperazine rings is 1. The molecular formula is C15H24ClN3. The van der Waals surface area contributed by atoms with Crippen molar-refractivity contribution < 1.29 is 0 Å². The Balaban J connectivity index is 1.88. The SMILES string of the molecule is CNC(CCN1CCN(C)CC1)c1ccccc1Cl. The van der Waals surface area contributed by atoms with Crippen LogP contribution < -0.4 is 5.32 Å². The van der Waals surface area contributed by atoms with E-state index in [1.165, 1.54) is 31.7 Å². The van der Waals surface area contributed by atoms with Gasteiger partial charge in [-0.2, -0.15) is 0 Å². The number of halogens is 1. The van der Waals surface area contributed by atoms with Gasteiger partial charge < -0.3 is 15.1 Å². The maximum absolute atomic E-state index is 6.28. The molecule has 1 heterocycles. The Bertz CT molecular complexity index is 389. The van der Waals surface area contributed by atoms with Gasteiger partial charge >= 0.3 is 0 Å². The number of hydrogen-bond donors (Lipinski definition) is 1. The summed E-state index contributed by atoms with van der Waals surface area (Å²) >= 11 is 6.28. The normalized spacial score (nSPS) is 19.5. The van der Waals surface area contributed by atoms with Gasteiger partial charge in [0.15, 0.2) is 0 Å². The van der Waals surface area contributed by atoms with Crippen LogP contribution in [0.2, 0.25) is 5.02 Å². The second-order valence-electron chi connectivity index (χ2n) is 5.30. The zero-order valence-electron chi connectivity index (χ0n) is 11.9. The van der Waals surface area contributed by atoms with E-state index in [2.05, 4.69) is 34.3 Å². The number of hydrogen-bond acceptors (Lipinski definition) is 3. The zero-order chi connectivity index (χ0) is 13.7. The van der Waals surface area contributed by atoms with Crippen molar-refractivity contribution in [3.05, 3.63) is 34.9 Å². The predicted molar refractivity (Wildman–Crippen MR) is 81.8 cm³/mol. The number of likely N-dealkylation sites (N-methyl/N-ethyl adjacent to an activating group) is 1. The van der Waals surface area contributed by atoms with Gasteiger partial charge in [-0.3, -0.25) is 0 Å². The molecule has 1 saturated heterocycles. The van der Waals surface area contributed by atoms with Gasteiger partial charge in [0.1, 0.15) is 0 Å². The van der Waals surface area contributed by atoms with Gasteiger partial charge in [-0.15, -0.1) is 0 Å². The molecule has 0 spiro atoms. The van der Waals surface area contributed by atoms with Crippen LogP contribution in [0.15, 0.2) is 24.3 Å². The Morgan fingerprint density at radius 1 is 1.21 bits per heavy atom. The first-order chi connectivity index (χ1) is 9.20. The Morgan fingerprint density at radius 3 is 2.53 bits per heavy atom. The monoisotopic (exact) mass is 281 g/mol. The van der Waals surface area contributed by atoms with E-state index in [0.29, 0.717) is 6.04 Å². The van der Waals surface area contributed by atoms with E-state index in [9.17, 15) is 0 Å². The van der Waals surface area contributed by atoms with Gasteiger partial charge in [0.25, 0.3) is 0 Å². The van der Waals surface area contributed by atoms with E-state index in [1.54, 1.807) is 0 Å². The molecule has 106 valence electrons. The molecule has 1 aromatic carbocycles. The van der Waals surface area contributed by atoms with Gasteiger partial charge in [-0.05, 0) is 32.1 Å². The number of nitrogens with zero attached hydrogens (tertiary/aromatic N) is 2. The van der Waals surface area contributed by atoms with Crippen LogP contribution in [0.5, 0.6) is 0 Å². The molecular weight excluding hydrogens is 258 g/mol. The predicted octanol–water partition coefficient (Wildman–Crippen LogP) is 2.24. The van der Waals surface area contributed by atoms with Crippen LogP contribution in [0.4, 0.5) is 0 Å². The number of rotatable bonds is 5. The highest BCUT2D eigenvalue weighted by atomic mass is 35.5. The van der Waals surface area contributed by atoms with Gasteiger partial charge in [0.05, 0.1) is 0 Å². The Hall–Kier alpha value is -0.610. The summed E-state index contributed by atoms with van der Waals surface area (Å²) in [7, 11) is 4.20. The lowest BCUT2D eigenvalue weighted by Crippen LogP contribution is -2.45. The molecule has 4 heteroatoms. The topological polar surface area (TPSA) is 18.5 Å². The maximum Gasteiger partial charge on any atom is 0.0453 e. The van der Waals surface area contributed by atoms with Crippen molar-refractivity contribution in [1.82, 2.24) is 15.1 Å². The second-order valence-corrected chi connectivity index (χ2v) is 5.70. The van der Waals surface area contributed by atoms with E-state index in [-0.39, 0.29) is 0 Å². The third-order valence-corrected chi connectivity index (χ3v) is 4.30. The van der Waals surface area contributed by atoms with Crippen molar-refractivity contribution >= 4 is 11.6 Å². The number of nitrogens with one attached hydrogen (secondary N) is 1. The molecule has 0 aliphatic carbocycles. The molecule has 0 radical (unpaired) electrons. The van der Waals surface area contributed by atoms with E-state index in [4.69, 9.17) is 11.6 Å². The minimum Gasteiger partial charge on any atom is -0.313 e. The molecule has 1 fully saturated rings. The lowest BCUT2D eigenvalue weighted by molar-refractivity contribution is 0.149. The minimum absolute atomic E-state index is 0.341. The zero-order valence-corrected chi connectivity index (χ0v) is 12.7. The molecule has 1 aliphatic rings. The van der Waals surface area contributed by atoms with E-state index >= 15 is 0 Å². The average Bonchev–Trinajstić information content (AvgIpc) is 2.43. The van der Waals surface area contributed by atoms with Crippen LogP contribution in [0.3, 0.4) is 0 Å². The quantitative estimate of drug-likeness (QED) is 0.893.